The second kappa shape index (κ2) is 6.40. The minimum Gasteiger partial charge on any atom is -0.367 e. The zero-order valence-electron chi connectivity index (χ0n) is 7.55. The second-order valence-electron chi connectivity index (χ2n) is 2.32. The molecule has 0 aromatic carbocycles. The highest BCUT2D eigenvalue weighted by Gasteiger charge is 2.11. The third kappa shape index (κ3) is 7.58. The minimum atomic E-state index is -4.15. The number of oxime groups is 1. The number of rotatable bonds is 7. The molecule has 0 aromatic heterocycles. The van der Waals surface area contributed by atoms with Crippen molar-refractivity contribution in [2.75, 3.05) is 13.2 Å². The van der Waals surface area contributed by atoms with Gasteiger partial charge in [-0.3, -0.25) is 0 Å². The van der Waals surface area contributed by atoms with Crippen LogP contribution >= 0.6 is 0 Å². The van der Waals surface area contributed by atoms with Crippen LogP contribution in [0, 0.1) is 0 Å². The molecule has 0 aliphatic rings. The molecule has 0 atom stereocenters. The number of hydrogen-bond donors (Lipinski definition) is 3. The molecule has 6 N–H and O–H groups in total. The SMILES string of the molecule is NCCCCOS(=O)(=O)ON=C(N)N. The van der Waals surface area contributed by atoms with Gasteiger partial charge in [0, 0.05) is 0 Å². The molecule has 84 valence electrons. The number of nitrogens with zero attached hydrogens (tertiary/aromatic N) is 1. The van der Waals surface area contributed by atoms with E-state index in [-0.39, 0.29) is 6.61 Å². The topological polar surface area (TPSA) is 143 Å². The van der Waals surface area contributed by atoms with E-state index in [4.69, 9.17) is 17.2 Å². The maximum absolute atomic E-state index is 10.8. The number of nitrogens with two attached hydrogens (primary N) is 3. The highest BCUT2D eigenvalue weighted by Crippen LogP contribution is 1.98. The Labute approximate surface area is 82.3 Å². The van der Waals surface area contributed by atoms with E-state index < -0.39 is 16.4 Å². The molecule has 0 aliphatic carbocycles. The van der Waals surface area contributed by atoms with Crippen molar-refractivity contribution in [2.24, 2.45) is 22.4 Å². The molecule has 0 radical (unpaired) electrons. The van der Waals surface area contributed by atoms with Crippen molar-refractivity contribution < 1.29 is 16.9 Å². The van der Waals surface area contributed by atoms with Gasteiger partial charge in [-0.05, 0) is 24.5 Å². The highest BCUT2D eigenvalue weighted by atomic mass is 32.3. The van der Waals surface area contributed by atoms with E-state index in [9.17, 15) is 8.42 Å². The van der Waals surface area contributed by atoms with Crippen LogP contribution < -0.4 is 17.2 Å². The fourth-order valence-electron chi connectivity index (χ4n) is 0.518. The van der Waals surface area contributed by atoms with Crippen molar-refractivity contribution in [3.63, 3.8) is 0 Å². The van der Waals surface area contributed by atoms with E-state index in [2.05, 4.69) is 13.6 Å². The summed E-state index contributed by atoms with van der Waals surface area (Å²) < 4.78 is 29.9. The molecule has 0 amide bonds. The highest BCUT2D eigenvalue weighted by molar-refractivity contribution is 7.81. The van der Waals surface area contributed by atoms with E-state index in [1.807, 2.05) is 0 Å². The number of guanidine groups is 1. The molecule has 0 rings (SSSR count). The van der Waals surface area contributed by atoms with Crippen LogP contribution in [0.4, 0.5) is 0 Å². The number of unbranched alkanes of at least 4 members (excludes halogenated alkanes) is 1. The Balaban J connectivity index is 3.79. The van der Waals surface area contributed by atoms with Gasteiger partial charge in [0.05, 0.1) is 6.61 Å². The van der Waals surface area contributed by atoms with Gasteiger partial charge in [-0.15, -0.1) is 0 Å². The predicted molar refractivity (Wildman–Crippen MR) is 50.1 cm³/mol. The molecule has 0 heterocycles. The summed E-state index contributed by atoms with van der Waals surface area (Å²) in [6.45, 7) is 0.456. The molecule has 0 saturated heterocycles. The Morgan fingerprint density at radius 3 is 2.43 bits per heavy atom. The number of hydrogen-bond acceptors (Lipinski definition) is 6. The van der Waals surface area contributed by atoms with Crippen LogP contribution in [0.25, 0.3) is 0 Å². The van der Waals surface area contributed by atoms with Gasteiger partial charge < -0.3 is 17.2 Å². The van der Waals surface area contributed by atoms with E-state index >= 15 is 0 Å². The largest absolute Gasteiger partial charge is 0.469 e. The molecule has 0 spiro atoms. The molecule has 0 aromatic rings. The monoisotopic (exact) mass is 226 g/mol. The second-order valence-corrected chi connectivity index (χ2v) is 3.52. The van der Waals surface area contributed by atoms with Gasteiger partial charge in [-0.2, -0.15) is 8.42 Å². The lowest BCUT2D eigenvalue weighted by Crippen LogP contribution is -2.24. The first-order valence-corrected chi connectivity index (χ1v) is 5.18. The van der Waals surface area contributed by atoms with E-state index in [0.717, 1.165) is 0 Å². The quantitative estimate of drug-likeness (QED) is 0.201. The molecule has 0 aliphatic heterocycles. The van der Waals surface area contributed by atoms with Crippen LogP contribution in [-0.2, 0) is 18.9 Å². The zero-order valence-corrected chi connectivity index (χ0v) is 8.37. The lowest BCUT2D eigenvalue weighted by atomic mass is 10.3. The maximum atomic E-state index is 10.8. The molecule has 0 fully saturated rings. The summed E-state index contributed by atoms with van der Waals surface area (Å²) in [5.41, 5.74) is 14.9. The van der Waals surface area contributed by atoms with Crippen molar-refractivity contribution in [1.82, 2.24) is 0 Å². The van der Waals surface area contributed by atoms with Gasteiger partial charge in [-0.1, -0.05) is 0 Å². The van der Waals surface area contributed by atoms with Crippen LogP contribution in [0.5, 0.6) is 0 Å². The summed E-state index contributed by atoms with van der Waals surface area (Å²) in [6.07, 6.45) is 1.18. The Morgan fingerprint density at radius 2 is 1.93 bits per heavy atom. The Hall–Kier alpha value is -1.06. The fourth-order valence-corrected chi connectivity index (χ4v) is 1.06. The minimum absolute atomic E-state index is 0.0144. The van der Waals surface area contributed by atoms with Crippen LogP contribution in [0.3, 0.4) is 0 Å². The van der Waals surface area contributed by atoms with Crippen molar-refractivity contribution in [3.8, 4) is 0 Å². The molecule has 9 heteroatoms. The fraction of sp³-hybridized carbons (Fsp3) is 0.800. The Morgan fingerprint density at radius 1 is 1.29 bits per heavy atom. The summed E-state index contributed by atoms with van der Waals surface area (Å²) in [5.74, 6) is -0.501. The van der Waals surface area contributed by atoms with Crippen molar-refractivity contribution in [2.45, 2.75) is 12.8 Å². The summed E-state index contributed by atoms with van der Waals surface area (Å²) in [6, 6.07) is 0. The Bertz CT molecular complexity index is 271. The van der Waals surface area contributed by atoms with E-state index in [1.54, 1.807) is 0 Å². The van der Waals surface area contributed by atoms with Crippen LogP contribution in [0.2, 0.25) is 0 Å². The molecule has 0 bridgehead atoms. The molecular weight excluding hydrogens is 212 g/mol. The summed E-state index contributed by atoms with van der Waals surface area (Å²) in [5, 5.41) is 2.83. The van der Waals surface area contributed by atoms with Gasteiger partial charge in [0.2, 0.25) is 5.96 Å². The van der Waals surface area contributed by atoms with Gasteiger partial charge in [0.15, 0.2) is 0 Å². The first kappa shape index (κ1) is 12.9. The Kier molecular flexibility index (Phi) is 5.92. The van der Waals surface area contributed by atoms with Crippen LogP contribution in [0.15, 0.2) is 5.16 Å². The van der Waals surface area contributed by atoms with Gasteiger partial charge in [0.25, 0.3) is 0 Å². The first-order valence-electron chi connectivity index (χ1n) is 3.85. The first-order chi connectivity index (χ1) is 6.48. The molecule has 8 nitrogen and oxygen atoms in total. The molecule has 14 heavy (non-hydrogen) atoms. The summed E-state index contributed by atoms with van der Waals surface area (Å²) >= 11 is 0. The van der Waals surface area contributed by atoms with Gasteiger partial charge in [0.1, 0.15) is 0 Å². The zero-order chi connectivity index (χ0) is 11.0. The summed E-state index contributed by atoms with van der Waals surface area (Å²) in [4.78, 5) is 0. The van der Waals surface area contributed by atoms with Gasteiger partial charge >= 0.3 is 10.4 Å². The van der Waals surface area contributed by atoms with Crippen LogP contribution in [0.1, 0.15) is 12.8 Å². The standard InChI is InChI=1S/C5H14N4O4S/c6-3-1-2-4-12-14(10,11)13-9-5(7)8/h1-4,6H2,(H4,7,8,9). The maximum Gasteiger partial charge on any atom is 0.469 e. The van der Waals surface area contributed by atoms with Crippen molar-refractivity contribution in [1.29, 1.82) is 0 Å². The predicted octanol–water partition coefficient (Wildman–Crippen LogP) is -1.81. The van der Waals surface area contributed by atoms with Crippen molar-refractivity contribution in [3.05, 3.63) is 0 Å². The van der Waals surface area contributed by atoms with Crippen LogP contribution in [-0.4, -0.2) is 27.5 Å². The third-order valence-corrected chi connectivity index (χ3v) is 1.77. The normalized spacial score (nSPS) is 10.9. The van der Waals surface area contributed by atoms with Crippen molar-refractivity contribution >= 4 is 16.4 Å². The smallest absolute Gasteiger partial charge is 0.367 e. The average Bonchev–Trinajstić information content (AvgIpc) is 2.10. The molecule has 0 saturated carbocycles. The average molecular weight is 226 g/mol. The lowest BCUT2D eigenvalue weighted by molar-refractivity contribution is 0.218. The molecular formula is C5H14N4O4S. The summed E-state index contributed by atoms with van der Waals surface area (Å²) in [7, 11) is -4.15. The molecule has 0 unspecified atom stereocenters. The third-order valence-electron chi connectivity index (χ3n) is 1.06. The van der Waals surface area contributed by atoms with E-state index in [0.29, 0.717) is 19.4 Å². The van der Waals surface area contributed by atoms with E-state index in [1.165, 1.54) is 0 Å². The lowest BCUT2D eigenvalue weighted by Gasteiger charge is -2.01. The van der Waals surface area contributed by atoms with Gasteiger partial charge in [-0.25, -0.2) is 8.47 Å².